The van der Waals surface area contributed by atoms with Crippen molar-refractivity contribution in [3.63, 3.8) is 0 Å². The molecule has 1 aromatic carbocycles. The molecule has 3 rings (SSSR count). The zero-order chi connectivity index (χ0) is 21.3. The number of guanidine groups is 1. The lowest BCUT2D eigenvalue weighted by molar-refractivity contribution is -0.131. The Kier molecular flexibility index (Phi) is 7.65. The largest absolute Gasteiger partial charge is 0.356 e. The monoisotopic (exact) mass is 408 g/mol. The van der Waals surface area contributed by atoms with Gasteiger partial charge in [0, 0.05) is 58.9 Å². The van der Waals surface area contributed by atoms with Crippen LogP contribution in [0.25, 0.3) is 0 Å². The van der Waals surface area contributed by atoms with Crippen LogP contribution in [0.15, 0.2) is 47.6 Å². The molecule has 0 atom stereocenters. The maximum atomic E-state index is 12.6. The number of pyridine rings is 1. The van der Waals surface area contributed by atoms with Crippen molar-refractivity contribution in [3.05, 3.63) is 59.3 Å². The van der Waals surface area contributed by atoms with Crippen molar-refractivity contribution < 1.29 is 4.79 Å². The Labute approximate surface area is 179 Å². The standard InChI is InChI=1S/C23H32N6O/c1-18-7-8-20(19(2)16-18)17-27-23(24-3)26-11-9-22(30)29-14-12-28(13-15-29)21-6-4-5-10-25-21/h4-8,10,16H,9,11-15,17H2,1-3H3,(H2,24,26,27). The van der Waals surface area contributed by atoms with Gasteiger partial charge in [-0.05, 0) is 37.1 Å². The van der Waals surface area contributed by atoms with Crippen LogP contribution in [0, 0.1) is 13.8 Å². The fourth-order valence-corrected chi connectivity index (χ4v) is 3.62. The summed E-state index contributed by atoms with van der Waals surface area (Å²) in [5.41, 5.74) is 3.77. The van der Waals surface area contributed by atoms with Crippen molar-refractivity contribution in [2.45, 2.75) is 26.8 Å². The summed E-state index contributed by atoms with van der Waals surface area (Å²) in [6.07, 6.45) is 2.26. The molecule has 0 saturated carbocycles. The molecule has 0 radical (unpaired) electrons. The second kappa shape index (κ2) is 10.6. The van der Waals surface area contributed by atoms with Crippen molar-refractivity contribution in [2.75, 3.05) is 44.7 Å². The van der Waals surface area contributed by atoms with Crippen molar-refractivity contribution >= 4 is 17.7 Å². The minimum absolute atomic E-state index is 0.174. The average Bonchev–Trinajstić information content (AvgIpc) is 2.77. The number of rotatable bonds is 6. The number of benzene rings is 1. The first kappa shape index (κ1) is 21.6. The third kappa shape index (κ3) is 5.95. The van der Waals surface area contributed by atoms with Gasteiger partial charge in [-0.15, -0.1) is 0 Å². The number of carbonyl (C=O) groups excluding carboxylic acids is 1. The lowest BCUT2D eigenvalue weighted by atomic mass is 10.1. The van der Waals surface area contributed by atoms with Crippen LogP contribution in [-0.2, 0) is 11.3 Å². The highest BCUT2D eigenvalue weighted by atomic mass is 16.2. The van der Waals surface area contributed by atoms with Crippen LogP contribution in [0.2, 0.25) is 0 Å². The third-order valence-electron chi connectivity index (χ3n) is 5.40. The van der Waals surface area contributed by atoms with Crippen LogP contribution in [0.3, 0.4) is 0 Å². The van der Waals surface area contributed by atoms with E-state index in [1.807, 2.05) is 23.1 Å². The van der Waals surface area contributed by atoms with Crippen molar-refractivity contribution in [3.8, 4) is 0 Å². The molecule has 0 spiro atoms. The minimum Gasteiger partial charge on any atom is -0.356 e. The normalized spacial score (nSPS) is 14.6. The van der Waals surface area contributed by atoms with E-state index in [0.29, 0.717) is 25.5 Å². The van der Waals surface area contributed by atoms with Crippen LogP contribution in [0.4, 0.5) is 5.82 Å². The number of carbonyl (C=O) groups is 1. The van der Waals surface area contributed by atoms with E-state index in [9.17, 15) is 4.79 Å². The van der Waals surface area contributed by atoms with Gasteiger partial charge in [0.05, 0.1) is 0 Å². The van der Waals surface area contributed by atoms with Gasteiger partial charge < -0.3 is 20.4 Å². The summed E-state index contributed by atoms with van der Waals surface area (Å²) >= 11 is 0. The predicted octanol–water partition coefficient (Wildman–Crippen LogP) is 2.10. The summed E-state index contributed by atoms with van der Waals surface area (Å²) in [5, 5.41) is 6.57. The van der Waals surface area contributed by atoms with Gasteiger partial charge in [-0.3, -0.25) is 9.79 Å². The molecule has 2 N–H and O–H groups in total. The molecule has 0 aliphatic carbocycles. The molecule has 1 saturated heterocycles. The fraction of sp³-hybridized carbons (Fsp3) is 0.435. The lowest BCUT2D eigenvalue weighted by Gasteiger charge is -2.35. The fourth-order valence-electron chi connectivity index (χ4n) is 3.62. The molecule has 1 aliphatic heterocycles. The Bertz CT molecular complexity index is 859. The first-order valence-electron chi connectivity index (χ1n) is 10.5. The van der Waals surface area contributed by atoms with Crippen molar-refractivity contribution in [1.82, 2.24) is 20.5 Å². The number of nitrogens with one attached hydrogen (secondary N) is 2. The SMILES string of the molecule is CN=C(NCCC(=O)N1CCN(c2ccccn2)CC1)NCc1ccc(C)cc1C. The number of aromatic nitrogens is 1. The van der Waals surface area contributed by atoms with Gasteiger partial charge in [0.25, 0.3) is 0 Å². The third-order valence-corrected chi connectivity index (χ3v) is 5.40. The topological polar surface area (TPSA) is 72.9 Å². The number of hydrogen-bond acceptors (Lipinski definition) is 4. The molecule has 1 amide bonds. The highest BCUT2D eigenvalue weighted by Gasteiger charge is 2.21. The number of amides is 1. The molecule has 2 heterocycles. The Morgan fingerprint density at radius 2 is 1.90 bits per heavy atom. The Morgan fingerprint density at radius 1 is 1.10 bits per heavy atom. The molecule has 1 aromatic heterocycles. The second-order valence-corrected chi connectivity index (χ2v) is 7.59. The first-order valence-corrected chi connectivity index (χ1v) is 10.5. The number of aliphatic imine (C=N–C) groups is 1. The highest BCUT2D eigenvalue weighted by molar-refractivity contribution is 5.81. The number of nitrogens with zero attached hydrogens (tertiary/aromatic N) is 4. The summed E-state index contributed by atoms with van der Waals surface area (Å²) in [7, 11) is 1.75. The van der Waals surface area contributed by atoms with Gasteiger partial charge in [-0.25, -0.2) is 4.98 Å². The Hall–Kier alpha value is -3.09. The average molecular weight is 409 g/mol. The zero-order valence-corrected chi connectivity index (χ0v) is 18.2. The smallest absolute Gasteiger partial charge is 0.224 e. The van der Waals surface area contributed by atoms with E-state index in [-0.39, 0.29) is 5.91 Å². The van der Waals surface area contributed by atoms with E-state index in [4.69, 9.17) is 0 Å². The highest BCUT2D eigenvalue weighted by Crippen LogP contribution is 2.13. The molecule has 1 aliphatic rings. The molecular formula is C23H32N6O. The van der Waals surface area contributed by atoms with Gasteiger partial charge in [0.1, 0.15) is 5.82 Å². The Balaban J connectivity index is 1.38. The van der Waals surface area contributed by atoms with Crippen molar-refractivity contribution in [1.29, 1.82) is 0 Å². The molecule has 7 heteroatoms. The number of aryl methyl sites for hydroxylation is 2. The molecule has 7 nitrogen and oxygen atoms in total. The van der Waals surface area contributed by atoms with E-state index >= 15 is 0 Å². The van der Waals surface area contributed by atoms with Gasteiger partial charge in [-0.1, -0.05) is 29.8 Å². The minimum atomic E-state index is 0.174. The quantitative estimate of drug-likeness (QED) is 0.566. The summed E-state index contributed by atoms with van der Waals surface area (Å²) < 4.78 is 0. The van der Waals surface area contributed by atoms with Crippen LogP contribution >= 0.6 is 0 Å². The van der Waals surface area contributed by atoms with Crippen LogP contribution in [-0.4, -0.2) is 61.5 Å². The number of anilines is 1. The van der Waals surface area contributed by atoms with E-state index in [1.54, 1.807) is 13.2 Å². The lowest BCUT2D eigenvalue weighted by Crippen LogP contribution is -2.49. The van der Waals surface area contributed by atoms with Gasteiger partial charge >= 0.3 is 0 Å². The maximum Gasteiger partial charge on any atom is 0.224 e. The number of piperazine rings is 1. The van der Waals surface area contributed by atoms with Gasteiger partial charge in [0.15, 0.2) is 5.96 Å². The van der Waals surface area contributed by atoms with E-state index in [0.717, 1.165) is 32.0 Å². The van der Waals surface area contributed by atoms with Gasteiger partial charge in [0.2, 0.25) is 5.91 Å². The summed E-state index contributed by atoms with van der Waals surface area (Å²) in [5.74, 6) is 1.86. The van der Waals surface area contributed by atoms with Gasteiger partial charge in [-0.2, -0.15) is 0 Å². The summed E-state index contributed by atoms with van der Waals surface area (Å²) in [6, 6.07) is 12.4. The van der Waals surface area contributed by atoms with E-state index in [2.05, 4.69) is 57.6 Å². The molecule has 30 heavy (non-hydrogen) atoms. The van der Waals surface area contributed by atoms with Crippen molar-refractivity contribution in [2.24, 2.45) is 4.99 Å². The number of hydrogen-bond donors (Lipinski definition) is 2. The molecular weight excluding hydrogens is 376 g/mol. The van der Waals surface area contributed by atoms with E-state index in [1.165, 1.54) is 16.7 Å². The van der Waals surface area contributed by atoms with Crippen LogP contribution in [0.1, 0.15) is 23.1 Å². The molecule has 0 unspecified atom stereocenters. The Morgan fingerprint density at radius 3 is 2.57 bits per heavy atom. The van der Waals surface area contributed by atoms with Crippen LogP contribution in [0.5, 0.6) is 0 Å². The maximum absolute atomic E-state index is 12.6. The second-order valence-electron chi connectivity index (χ2n) is 7.59. The predicted molar refractivity (Wildman–Crippen MR) is 122 cm³/mol. The zero-order valence-electron chi connectivity index (χ0n) is 18.2. The molecule has 1 fully saturated rings. The first-order chi connectivity index (χ1) is 14.6. The summed E-state index contributed by atoms with van der Waals surface area (Å²) in [6.45, 7) is 8.57. The summed E-state index contributed by atoms with van der Waals surface area (Å²) in [4.78, 5) is 25.4. The molecule has 160 valence electrons. The molecule has 0 bridgehead atoms. The van der Waals surface area contributed by atoms with E-state index < -0.39 is 0 Å². The van der Waals surface area contributed by atoms with Crippen LogP contribution < -0.4 is 15.5 Å². The molecule has 2 aromatic rings.